The topological polar surface area (TPSA) is 49.4 Å². The smallest absolute Gasteiger partial charge is 0.278 e. The summed E-state index contributed by atoms with van der Waals surface area (Å²) in [5.74, 6) is -0.486. The summed E-state index contributed by atoms with van der Waals surface area (Å²) in [5.41, 5.74) is 4.71. The van der Waals surface area contributed by atoms with E-state index in [2.05, 4.69) is 12.2 Å². The first-order valence-corrected chi connectivity index (χ1v) is 9.08. The van der Waals surface area contributed by atoms with Gasteiger partial charge in [0.1, 0.15) is 5.70 Å². The molecule has 0 aromatic heterocycles. The van der Waals surface area contributed by atoms with Crippen molar-refractivity contribution in [3.63, 3.8) is 0 Å². The van der Waals surface area contributed by atoms with Crippen LogP contribution in [-0.4, -0.2) is 23.3 Å². The van der Waals surface area contributed by atoms with Crippen LogP contribution in [0.1, 0.15) is 37.0 Å². The number of aryl methyl sites for hydroxylation is 2. The molecular weight excluding hydrogens is 324 g/mol. The fraction of sp³-hybridized carbons (Fsp3) is 0.273. The van der Waals surface area contributed by atoms with E-state index in [9.17, 15) is 9.59 Å². The summed E-state index contributed by atoms with van der Waals surface area (Å²) in [7, 11) is 0. The van der Waals surface area contributed by atoms with Gasteiger partial charge in [0.2, 0.25) is 0 Å². The molecule has 2 amide bonds. The second-order valence-corrected chi connectivity index (χ2v) is 6.55. The Kier molecular flexibility index (Phi) is 5.21. The van der Waals surface area contributed by atoms with Gasteiger partial charge in [-0.25, -0.2) is 0 Å². The van der Waals surface area contributed by atoms with Gasteiger partial charge in [-0.3, -0.25) is 14.5 Å². The summed E-state index contributed by atoms with van der Waals surface area (Å²) in [5, 5.41) is 3.19. The van der Waals surface area contributed by atoms with Gasteiger partial charge in [-0.05, 0) is 43.0 Å². The van der Waals surface area contributed by atoms with Crippen molar-refractivity contribution in [3.8, 4) is 0 Å². The molecule has 0 atom stereocenters. The molecule has 1 aliphatic heterocycles. The predicted molar refractivity (Wildman–Crippen MR) is 105 cm³/mol. The van der Waals surface area contributed by atoms with Gasteiger partial charge in [0.05, 0.1) is 5.57 Å². The highest BCUT2D eigenvalue weighted by molar-refractivity contribution is 6.36. The van der Waals surface area contributed by atoms with Crippen molar-refractivity contribution in [1.82, 2.24) is 4.90 Å². The van der Waals surface area contributed by atoms with Gasteiger partial charge >= 0.3 is 0 Å². The number of hydrogen-bond acceptors (Lipinski definition) is 3. The number of rotatable bonds is 6. The SMILES string of the molecule is CCCN1C(=O)C(Nc2ccc(CC)cc2)=C(c2ccc(C)cc2)C1=O. The Morgan fingerprint density at radius 2 is 1.54 bits per heavy atom. The van der Waals surface area contributed by atoms with E-state index in [4.69, 9.17) is 0 Å². The van der Waals surface area contributed by atoms with E-state index in [0.29, 0.717) is 17.8 Å². The van der Waals surface area contributed by atoms with E-state index in [1.807, 2.05) is 62.4 Å². The second kappa shape index (κ2) is 7.56. The maximum atomic E-state index is 12.9. The van der Waals surface area contributed by atoms with E-state index in [0.717, 1.165) is 29.7 Å². The minimum absolute atomic E-state index is 0.228. The molecule has 0 unspecified atom stereocenters. The van der Waals surface area contributed by atoms with Crippen LogP contribution in [0.3, 0.4) is 0 Å². The summed E-state index contributed by atoms with van der Waals surface area (Å²) in [4.78, 5) is 27.1. The normalized spacial score (nSPS) is 14.3. The summed E-state index contributed by atoms with van der Waals surface area (Å²) < 4.78 is 0. The Hall–Kier alpha value is -2.88. The van der Waals surface area contributed by atoms with Crippen LogP contribution in [0.4, 0.5) is 5.69 Å². The molecule has 134 valence electrons. The second-order valence-electron chi connectivity index (χ2n) is 6.55. The quantitative estimate of drug-likeness (QED) is 0.798. The van der Waals surface area contributed by atoms with Crippen molar-refractivity contribution < 1.29 is 9.59 Å². The molecule has 0 saturated carbocycles. The molecule has 0 saturated heterocycles. The minimum Gasteiger partial charge on any atom is -0.350 e. The third-order valence-electron chi connectivity index (χ3n) is 4.59. The molecule has 0 bridgehead atoms. The molecule has 0 spiro atoms. The molecule has 4 heteroatoms. The number of nitrogens with zero attached hydrogens (tertiary/aromatic N) is 1. The maximum absolute atomic E-state index is 12.9. The zero-order valence-electron chi connectivity index (χ0n) is 15.5. The predicted octanol–water partition coefficient (Wildman–Crippen LogP) is 4.16. The summed E-state index contributed by atoms with van der Waals surface area (Å²) in [6, 6.07) is 15.6. The first-order chi connectivity index (χ1) is 12.5. The van der Waals surface area contributed by atoms with Crippen LogP contribution in [0.15, 0.2) is 54.2 Å². The Bertz CT molecular complexity index is 849. The highest BCUT2D eigenvalue weighted by Gasteiger charge is 2.38. The lowest BCUT2D eigenvalue weighted by Crippen LogP contribution is -2.33. The van der Waals surface area contributed by atoms with Gasteiger partial charge < -0.3 is 5.32 Å². The van der Waals surface area contributed by atoms with Crippen LogP contribution < -0.4 is 5.32 Å². The Balaban J connectivity index is 2.02. The van der Waals surface area contributed by atoms with Gasteiger partial charge in [-0.2, -0.15) is 0 Å². The summed E-state index contributed by atoms with van der Waals surface area (Å²) in [6.07, 6.45) is 1.69. The van der Waals surface area contributed by atoms with Crippen LogP contribution >= 0.6 is 0 Å². The van der Waals surface area contributed by atoms with Crippen molar-refractivity contribution in [2.45, 2.75) is 33.6 Å². The Morgan fingerprint density at radius 1 is 0.885 bits per heavy atom. The Morgan fingerprint density at radius 3 is 2.12 bits per heavy atom. The van der Waals surface area contributed by atoms with Gasteiger partial charge in [0, 0.05) is 12.2 Å². The fourth-order valence-corrected chi connectivity index (χ4v) is 3.07. The lowest BCUT2D eigenvalue weighted by molar-refractivity contribution is -0.136. The van der Waals surface area contributed by atoms with Gasteiger partial charge in [0.15, 0.2) is 0 Å². The lowest BCUT2D eigenvalue weighted by atomic mass is 10.0. The number of nitrogens with one attached hydrogen (secondary N) is 1. The average Bonchev–Trinajstić information content (AvgIpc) is 2.88. The van der Waals surface area contributed by atoms with Gasteiger partial charge in [-0.1, -0.05) is 55.8 Å². The van der Waals surface area contributed by atoms with E-state index in [1.165, 1.54) is 10.5 Å². The third-order valence-corrected chi connectivity index (χ3v) is 4.59. The van der Waals surface area contributed by atoms with Crippen molar-refractivity contribution >= 4 is 23.1 Å². The third kappa shape index (κ3) is 3.40. The Labute approximate surface area is 154 Å². The van der Waals surface area contributed by atoms with Crippen LogP contribution in [0, 0.1) is 6.92 Å². The fourth-order valence-electron chi connectivity index (χ4n) is 3.07. The van der Waals surface area contributed by atoms with Crippen molar-refractivity contribution in [2.75, 3.05) is 11.9 Å². The number of amides is 2. The highest BCUT2D eigenvalue weighted by atomic mass is 16.2. The van der Waals surface area contributed by atoms with Crippen LogP contribution in [0.2, 0.25) is 0 Å². The molecule has 0 radical (unpaired) electrons. The molecule has 1 aliphatic rings. The van der Waals surface area contributed by atoms with E-state index >= 15 is 0 Å². The minimum atomic E-state index is -0.257. The molecule has 0 aliphatic carbocycles. The number of carbonyl (C=O) groups is 2. The van der Waals surface area contributed by atoms with E-state index in [1.54, 1.807) is 0 Å². The van der Waals surface area contributed by atoms with Crippen molar-refractivity contribution in [3.05, 3.63) is 70.9 Å². The monoisotopic (exact) mass is 348 g/mol. The standard InChI is InChI=1S/C22H24N2O2/c1-4-14-24-21(25)19(17-10-6-15(3)7-11-17)20(22(24)26)23-18-12-8-16(5-2)9-13-18/h6-13,23H,4-5,14H2,1-3H3. The number of anilines is 1. The van der Waals surface area contributed by atoms with Gasteiger partial charge in [0.25, 0.3) is 11.8 Å². The number of hydrogen-bond donors (Lipinski definition) is 1. The zero-order chi connectivity index (χ0) is 18.7. The van der Waals surface area contributed by atoms with Crippen LogP contribution in [-0.2, 0) is 16.0 Å². The highest BCUT2D eigenvalue weighted by Crippen LogP contribution is 2.30. The molecule has 2 aromatic rings. The average molecular weight is 348 g/mol. The molecule has 3 rings (SSSR count). The molecule has 1 N–H and O–H groups in total. The van der Waals surface area contributed by atoms with Crippen LogP contribution in [0.25, 0.3) is 5.57 Å². The molecule has 1 heterocycles. The lowest BCUT2D eigenvalue weighted by Gasteiger charge is -2.13. The largest absolute Gasteiger partial charge is 0.350 e. The number of benzene rings is 2. The molecular formula is C22H24N2O2. The maximum Gasteiger partial charge on any atom is 0.278 e. The number of carbonyl (C=O) groups excluding carboxylic acids is 2. The first-order valence-electron chi connectivity index (χ1n) is 9.08. The van der Waals surface area contributed by atoms with Gasteiger partial charge in [-0.15, -0.1) is 0 Å². The number of imide groups is 1. The molecule has 26 heavy (non-hydrogen) atoms. The van der Waals surface area contributed by atoms with E-state index in [-0.39, 0.29) is 11.8 Å². The summed E-state index contributed by atoms with van der Waals surface area (Å²) in [6.45, 7) is 6.48. The van der Waals surface area contributed by atoms with Crippen LogP contribution in [0.5, 0.6) is 0 Å². The summed E-state index contributed by atoms with van der Waals surface area (Å²) >= 11 is 0. The first kappa shape index (κ1) is 17.9. The van der Waals surface area contributed by atoms with Crippen molar-refractivity contribution in [1.29, 1.82) is 0 Å². The molecule has 0 fully saturated rings. The molecule has 4 nitrogen and oxygen atoms in total. The zero-order valence-corrected chi connectivity index (χ0v) is 15.5. The van der Waals surface area contributed by atoms with Crippen molar-refractivity contribution in [2.24, 2.45) is 0 Å². The molecule has 2 aromatic carbocycles. The van der Waals surface area contributed by atoms with E-state index < -0.39 is 0 Å².